The van der Waals surface area contributed by atoms with E-state index in [9.17, 15) is 4.39 Å². The fourth-order valence-electron chi connectivity index (χ4n) is 2.57. The largest absolute Gasteiger partial charge is 0.309 e. The monoisotopic (exact) mass is 335 g/mol. The Balaban J connectivity index is 2.55. The van der Waals surface area contributed by atoms with Crippen molar-refractivity contribution >= 4 is 15.9 Å². The molecule has 0 aromatic heterocycles. The van der Waals surface area contributed by atoms with E-state index in [-0.39, 0.29) is 11.9 Å². The first-order valence-electron chi connectivity index (χ1n) is 6.64. The standard InChI is InChI=1S/C17H19BrFN/c1-10-5-6-14(18)9-15(10)17(20-4)13-7-11(2)16(19)12(3)8-13/h5-9,17,20H,1-4H3. The third kappa shape index (κ3) is 2.94. The molecule has 0 saturated carbocycles. The van der Waals surface area contributed by atoms with Gasteiger partial charge in [0.2, 0.25) is 0 Å². The lowest BCUT2D eigenvalue weighted by molar-refractivity contribution is 0.604. The fourth-order valence-corrected chi connectivity index (χ4v) is 2.95. The summed E-state index contributed by atoms with van der Waals surface area (Å²) in [6, 6.07) is 10.1. The van der Waals surface area contributed by atoms with Crippen molar-refractivity contribution in [2.45, 2.75) is 26.8 Å². The molecule has 0 aliphatic heterocycles. The molecule has 0 saturated heterocycles. The molecule has 2 rings (SSSR count). The zero-order chi connectivity index (χ0) is 14.9. The molecule has 1 unspecified atom stereocenters. The molecule has 1 N–H and O–H groups in total. The number of hydrogen-bond acceptors (Lipinski definition) is 1. The van der Waals surface area contributed by atoms with Crippen LogP contribution in [0.25, 0.3) is 0 Å². The van der Waals surface area contributed by atoms with Gasteiger partial charge in [-0.3, -0.25) is 0 Å². The quantitative estimate of drug-likeness (QED) is 0.847. The van der Waals surface area contributed by atoms with E-state index in [1.807, 2.05) is 39.1 Å². The maximum atomic E-state index is 13.8. The van der Waals surface area contributed by atoms with Crippen molar-refractivity contribution < 1.29 is 4.39 Å². The van der Waals surface area contributed by atoms with E-state index in [1.54, 1.807) is 0 Å². The van der Waals surface area contributed by atoms with Crippen LogP contribution in [0.4, 0.5) is 4.39 Å². The minimum atomic E-state index is -0.116. The van der Waals surface area contributed by atoms with Gasteiger partial charge in [-0.05, 0) is 67.8 Å². The van der Waals surface area contributed by atoms with Gasteiger partial charge in [0, 0.05) is 4.47 Å². The van der Waals surface area contributed by atoms with Crippen LogP contribution in [-0.2, 0) is 0 Å². The zero-order valence-electron chi connectivity index (χ0n) is 12.2. The molecule has 20 heavy (non-hydrogen) atoms. The lowest BCUT2D eigenvalue weighted by Gasteiger charge is -2.21. The summed E-state index contributed by atoms with van der Waals surface area (Å²) in [6.45, 7) is 5.72. The second kappa shape index (κ2) is 6.06. The van der Waals surface area contributed by atoms with E-state index >= 15 is 0 Å². The average Bonchev–Trinajstić information content (AvgIpc) is 2.40. The van der Waals surface area contributed by atoms with E-state index < -0.39 is 0 Å². The molecule has 0 heterocycles. The van der Waals surface area contributed by atoms with Crippen molar-refractivity contribution in [1.29, 1.82) is 0 Å². The summed E-state index contributed by atoms with van der Waals surface area (Å²) in [5.74, 6) is -0.116. The second-order valence-corrected chi connectivity index (χ2v) is 6.11. The van der Waals surface area contributed by atoms with E-state index in [0.29, 0.717) is 11.1 Å². The first-order valence-corrected chi connectivity index (χ1v) is 7.43. The van der Waals surface area contributed by atoms with Gasteiger partial charge in [0.25, 0.3) is 0 Å². The molecule has 0 amide bonds. The number of rotatable bonds is 3. The molecule has 0 radical (unpaired) electrons. The lowest BCUT2D eigenvalue weighted by atomic mass is 9.93. The van der Waals surface area contributed by atoms with Gasteiger partial charge in [-0.1, -0.05) is 34.1 Å². The van der Waals surface area contributed by atoms with E-state index in [4.69, 9.17) is 0 Å². The first kappa shape index (κ1) is 15.2. The maximum absolute atomic E-state index is 13.8. The molecule has 1 atom stereocenters. The van der Waals surface area contributed by atoms with Crippen molar-refractivity contribution in [3.63, 3.8) is 0 Å². The van der Waals surface area contributed by atoms with E-state index in [2.05, 4.69) is 40.3 Å². The second-order valence-electron chi connectivity index (χ2n) is 5.19. The number of hydrogen-bond donors (Lipinski definition) is 1. The molecule has 0 spiro atoms. The molecule has 0 aliphatic rings. The topological polar surface area (TPSA) is 12.0 Å². The Labute approximate surface area is 128 Å². The van der Waals surface area contributed by atoms with Crippen LogP contribution in [0, 0.1) is 26.6 Å². The number of halogens is 2. The van der Waals surface area contributed by atoms with Gasteiger partial charge >= 0.3 is 0 Å². The highest BCUT2D eigenvalue weighted by Crippen LogP contribution is 2.29. The zero-order valence-corrected chi connectivity index (χ0v) is 13.8. The van der Waals surface area contributed by atoms with Crippen LogP contribution in [0.3, 0.4) is 0 Å². The molecular weight excluding hydrogens is 317 g/mol. The predicted molar refractivity (Wildman–Crippen MR) is 85.7 cm³/mol. The minimum Gasteiger partial charge on any atom is -0.309 e. The highest BCUT2D eigenvalue weighted by Gasteiger charge is 2.16. The fraction of sp³-hybridized carbons (Fsp3) is 0.294. The van der Waals surface area contributed by atoms with Crippen molar-refractivity contribution in [2.75, 3.05) is 7.05 Å². The van der Waals surface area contributed by atoms with Gasteiger partial charge < -0.3 is 5.32 Å². The summed E-state index contributed by atoms with van der Waals surface area (Å²) in [5.41, 5.74) is 4.88. The van der Waals surface area contributed by atoms with Crippen molar-refractivity contribution in [3.05, 3.63) is 68.4 Å². The van der Waals surface area contributed by atoms with Gasteiger partial charge in [0.05, 0.1) is 6.04 Å². The highest BCUT2D eigenvalue weighted by atomic mass is 79.9. The van der Waals surface area contributed by atoms with Crippen LogP contribution in [-0.4, -0.2) is 7.05 Å². The van der Waals surface area contributed by atoms with E-state index in [1.165, 1.54) is 11.1 Å². The summed E-state index contributed by atoms with van der Waals surface area (Å²) >= 11 is 3.52. The maximum Gasteiger partial charge on any atom is 0.129 e. The molecule has 106 valence electrons. The third-order valence-corrected chi connectivity index (χ3v) is 4.13. The Morgan fingerprint density at radius 2 is 1.60 bits per heavy atom. The highest BCUT2D eigenvalue weighted by molar-refractivity contribution is 9.10. The summed E-state index contributed by atoms with van der Waals surface area (Å²) in [5, 5.41) is 3.33. The molecule has 1 nitrogen and oxygen atoms in total. The van der Waals surface area contributed by atoms with Gasteiger partial charge in [-0.2, -0.15) is 0 Å². The lowest BCUT2D eigenvalue weighted by Crippen LogP contribution is -2.19. The molecule has 0 aliphatic carbocycles. The van der Waals surface area contributed by atoms with Gasteiger partial charge in [0.15, 0.2) is 0 Å². The van der Waals surface area contributed by atoms with Gasteiger partial charge in [-0.25, -0.2) is 4.39 Å². The SMILES string of the molecule is CNC(c1cc(C)c(F)c(C)c1)c1cc(Br)ccc1C. The Bertz CT molecular complexity index is 614. The average molecular weight is 336 g/mol. The van der Waals surface area contributed by atoms with Crippen LogP contribution in [0.15, 0.2) is 34.8 Å². The Hall–Kier alpha value is -1.19. The normalized spacial score (nSPS) is 12.5. The van der Waals surface area contributed by atoms with Crippen molar-refractivity contribution in [1.82, 2.24) is 5.32 Å². The van der Waals surface area contributed by atoms with Crippen LogP contribution in [0.1, 0.15) is 33.9 Å². The number of benzene rings is 2. The molecule has 3 heteroatoms. The molecule has 2 aromatic rings. The molecule has 2 aromatic carbocycles. The van der Waals surface area contributed by atoms with Crippen LogP contribution in [0.2, 0.25) is 0 Å². The summed E-state index contributed by atoms with van der Waals surface area (Å²) in [7, 11) is 1.93. The Kier molecular flexibility index (Phi) is 4.61. The minimum absolute atomic E-state index is 0.0606. The van der Waals surface area contributed by atoms with Crippen LogP contribution in [0.5, 0.6) is 0 Å². The molecule has 0 bridgehead atoms. The predicted octanol–water partition coefficient (Wildman–Crippen LogP) is 4.82. The number of aryl methyl sites for hydroxylation is 3. The van der Waals surface area contributed by atoms with Crippen LogP contribution < -0.4 is 5.32 Å². The van der Waals surface area contributed by atoms with Crippen LogP contribution >= 0.6 is 15.9 Å². The number of nitrogens with one attached hydrogen (secondary N) is 1. The summed E-state index contributed by atoms with van der Waals surface area (Å²) in [4.78, 5) is 0. The smallest absolute Gasteiger partial charge is 0.129 e. The van der Waals surface area contributed by atoms with Crippen molar-refractivity contribution in [3.8, 4) is 0 Å². The molecular formula is C17H19BrFN. The van der Waals surface area contributed by atoms with Gasteiger partial charge in [-0.15, -0.1) is 0 Å². The summed E-state index contributed by atoms with van der Waals surface area (Å²) in [6.07, 6.45) is 0. The van der Waals surface area contributed by atoms with E-state index in [0.717, 1.165) is 10.0 Å². The first-order chi connectivity index (χ1) is 9.43. The van der Waals surface area contributed by atoms with Gasteiger partial charge in [0.1, 0.15) is 5.82 Å². The molecule has 0 fully saturated rings. The van der Waals surface area contributed by atoms with Crippen molar-refractivity contribution in [2.24, 2.45) is 0 Å². The Morgan fingerprint density at radius 1 is 1.00 bits per heavy atom. The third-order valence-electron chi connectivity index (χ3n) is 3.63. The Morgan fingerprint density at radius 3 is 2.15 bits per heavy atom. The summed E-state index contributed by atoms with van der Waals surface area (Å²) < 4.78 is 14.8.